The van der Waals surface area contributed by atoms with Gasteiger partial charge in [0.2, 0.25) is 0 Å². The van der Waals surface area contributed by atoms with E-state index in [1.807, 2.05) is 0 Å². The third-order valence-corrected chi connectivity index (χ3v) is 2.16. The predicted octanol–water partition coefficient (Wildman–Crippen LogP) is 3.70. The van der Waals surface area contributed by atoms with Crippen LogP contribution in [0.25, 0.3) is 11.4 Å². The molecule has 0 aliphatic rings. The van der Waals surface area contributed by atoms with Crippen molar-refractivity contribution in [3.8, 4) is 17.1 Å². The molecule has 1 heterocycles. The van der Waals surface area contributed by atoms with Crippen LogP contribution in [-0.4, -0.2) is 16.3 Å². The summed E-state index contributed by atoms with van der Waals surface area (Å²) in [5, 5.41) is 0.210. The summed E-state index contributed by atoms with van der Waals surface area (Å²) >= 11 is 5.68. The molecule has 0 aliphatic carbocycles. The second-order valence-corrected chi connectivity index (χ2v) is 3.67. The minimum Gasteiger partial charge on any atom is -0.406 e. The Morgan fingerprint density at radius 1 is 1.17 bits per heavy atom. The van der Waals surface area contributed by atoms with Gasteiger partial charge in [0.15, 0.2) is 5.82 Å². The monoisotopic (exact) mass is 274 g/mol. The maximum Gasteiger partial charge on any atom is 0.573 e. The highest BCUT2D eigenvalue weighted by atomic mass is 35.5. The Balaban J connectivity index is 2.33. The van der Waals surface area contributed by atoms with Crippen molar-refractivity contribution in [3.05, 3.63) is 41.7 Å². The van der Waals surface area contributed by atoms with E-state index in [1.165, 1.54) is 30.5 Å². The minimum absolute atomic E-state index is 0.210. The summed E-state index contributed by atoms with van der Waals surface area (Å²) in [6, 6.07) is 6.84. The normalized spacial score (nSPS) is 11.3. The summed E-state index contributed by atoms with van der Waals surface area (Å²) in [4.78, 5) is 7.81. The lowest BCUT2D eigenvalue weighted by molar-refractivity contribution is -0.274. The average molecular weight is 275 g/mol. The van der Waals surface area contributed by atoms with Crippen LogP contribution < -0.4 is 4.74 Å². The molecular weight excluding hydrogens is 269 g/mol. The van der Waals surface area contributed by atoms with E-state index < -0.39 is 6.36 Å². The van der Waals surface area contributed by atoms with Gasteiger partial charge in [-0.2, -0.15) is 0 Å². The molecule has 3 nitrogen and oxygen atoms in total. The molecular formula is C11H6ClF3N2O. The van der Waals surface area contributed by atoms with Crippen LogP contribution in [0.1, 0.15) is 0 Å². The number of hydrogen-bond acceptors (Lipinski definition) is 3. The molecule has 0 saturated heterocycles. The van der Waals surface area contributed by atoms with E-state index in [1.54, 1.807) is 6.07 Å². The standard InChI is InChI=1S/C11H6ClF3N2O/c12-9-4-5-16-10(17-9)7-2-1-3-8(6-7)18-11(13,14)15/h1-6H. The second kappa shape index (κ2) is 4.81. The van der Waals surface area contributed by atoms with Crippen molar-refractivity contribution in [2.75, 3.05) is 0 Å². The Labute approximate surface area is 105 Å². The van der Waals surface area contributed by atoms with Crippen molar-refractivity contribution in [2.24, 2.45) is 0 Å². The summed E-state index contributed by atoms with van der Waals surface area (Å²) in [6.07, 6.45) is -3.31. The van der Waals surface area contributed by atoms with Crippen LogP contribution >= 0.6 is 11.6 Å². The quantitative estimate of drug-likeness (QED) is 0.783. The lowest BCUT2D eigenvalue weighted by atomic mass is 10.2. The van der Waals surface area contributed by atoms with Crippen LogP contribution in [-0.2, 0) is 0 Å². The molecule has 18 heavy (non-hydrogen) atoms. The van der Waals surface area contributed by atoms with Crippen LogP contribution in [0.5, 0.6) is 5.75 Å². The van der Waals surface area contributed by atoms with Gasteiger partial charge in [-0.15, -0.1) is 13.2 Å². The van der Waals surface area contributed by atoms with Gasteiger partial charge in [-0.1, -0.05) is 23.7 Å². The molecule has 0 amide bonds. The molecule has 0 N–H and O–H groups in total. The molecule has 2 rings (SSSR count). The molecule has 2 aromatic rings. The largest absolute Gasteiger partial charge is 0.573 e. The Morgan fingerprint density at radius 3 is 2.61 bits per heavy atom. The van der Waals surface area contributed by atoms with Gasteiger partial charge in [-0.3, -0.25) is 0 Å². The van der Waals surface area contributed by atoms with E-state index in [9.17, 15) is 13.2 Å². The van der Waals surface area contributed by atoms with Crippen molar-refractivity contribution in [3.63, 3.8) is 0 Å². The first-order chi connectivity index (χ1) is 8.44. The van der Waals surface area contributed by atoms with E-state index in [4.69, 9.17) is 11.6 Å². The summed E-state index contributed by atoms with van der Waals surface area (Å²) in [5.41, 5.74) is 0.388. The zero-order chi connectivity index (χ0) is 13.2. The minimum atomic E-state index is -4.73. The van der Waals surface area contributed by atoms with Crippen LogP contribution in [0.4, 0.5) is 13.2 Å². The third kappa shape index (κ3) is 3.33. The predicted molar refractivity (Wildman–Crippen MR) is 59.2 cm³/mol. The lowest BCUT2D eigenvalue weighted by Gasteiger charge is -2.09. The van der Waals surface area contributed by atoms with Gasteiger partial charge in [0, 0.05) is 11.8 Å². The summed E-state index contributed by atoms with van der Waals surface area (Å²) in [6.45, 7) is 0. The van der Waals surface area contributed by atoms with Crippen LogP contribution in [0, 0.1) is 0 Å². The van der Waals surface area contributed by atoms with E-state index >= 15 is 0 Å². The Morgan fingerprint density at radius 2 is 1.94 bits per heavy atom. The zero-order valence-corrected chi connectivity index (χ0v) is 9.53. The highest BCUT2D eigenvalue weighted by molar-refractivity contribution is 6.29. The lowest BCUT2D eigenvalue weighted by Crippen LogP contribution is -2.17. The van der Waals surface area contributed by atoms with Gasteiger partial charge in [0.1, 0.15) is 10.9 Å². The summed E-state index contributed by atoms with van der Waals surface area (Å²) in [7, 11) is 0. The molecule has 0 bridgehead atoms. The number of halogens is 4. The average Bonchev–Trinajstić information content (AvgIpc) is 2.27. The van der Waals surface area contributed by atoms with E-state index in [-0.39, 0.29) is 16.7 Å². The van der Waals surface area contributed by atoms with Gasteiger partial charge < -0.3 is 4.74 Å². The number of benzene rings is 1. The van der Waals surface area contributed by atoms with Gasteiger partial charge in [0.25, 0.3) is 0 Å². The van der Waals surface area contributed by atoms with Crippen LogP contribution in [0.15, 0.2) is 36.5 Å². The summed E-state index contributed by atoms with van der Waals surface area (Å²) in [5.74, 6) is -0.0984. The molecule has 1 aromatic carbocycles. The number of nitrogens with zero attached hydrogens (tertiary/aromatic N) is 2. The molecule has 7 heteroatoms. The topological polar surface area (TPSA) is 35.0 Å². The molecule has 0 atom stereocenters. The highest BCUT2D eigenvalue weighted by Gasteiger charge is 2.31. The molecule has 0 saturated carbocycles. The second-order valence-electron chi connectivity index (χ2n) is 3.28. The Kier molecular flexibility index (Phi) is 3.38. The van der Waals surface area contributed by atoms with Crippen LogP contribution in [0.3, 0.4) is 0 Å². The molecule has 0 radical (unpaired) electrons. The van der Waals surface area contributed by atoms with E-state index in [0.29, 0.717) is 5.56 Å². The highest BCUT2D eigenvalue weighted by Crippen LogP contribution is 2.26. The SMILES string of the molecule is FC(F)(F)Oc1cccc(-c2nccc(Cl)n2)c1. The van der Waals surface area contributed by atoms with Crippen molar-refractivity contribution in [2.45, 2.75) is 6.36 Å². The van der Waals surface area contributed by atoms with Crippen molar-refractivity contribution in [1.82, 2.24) is 9.97 Å². The number of hydrogen-bond donors (Lipinski definition) is 0. The zero-order valence-electron chi connectivity index (χ0n) is 8.78. The van der Waals surface area contributed by atoms with E-state index in [2.05, 4.69) is 14.7 Å². The van der Waals surface area contributed by atoms with Gasteiger partial charge in [-0.05, 0) is 18.2 Å². The fourth-order valence-electron chi connectivity index (χ4n) is 1.31. The summed E-state index contributed by atoms with van der Waals surface area (Å²) < 4.78 is 40.0. The number of alkyl halides is 3. The van der Waals surface area contributed by atoms with Crippen molar-refractivity contribution in [1.29, 1.82) is 0 Å². The number of ether oxygens (including phenoxy) is 1. The number of rotatable bonds is 2. The molecule has 94 valence electrons. The van der Waals surface area contributed by atoms with E-state index in [0.717, 1.165) is 0 Å². The van der Waals surface area contributed by atoms with Gasteiger partial charge in [0.05, 0.1) is 0 Å². The maximum atomic E-state index is 12.1. The molecule has 0 aliphatic heterocycles. The molecule has 1 aromatic heterocycles. The fraction of sp³-hybridized carbons (Fsp3) is 0.0909. The first-order valence-corrected chi connectivity index (χ1v) is 5.16. The first kappa shape index (κ1) is 12.6. The molecule has 0 unspecified atom stereocenters. The van der Waals surface area contributed by atoms with Crippen molar-refractivity contribution >= 4 is 11.6 Å². The Hall–Kier alpha value is -1.82. The van der Waals surface area contributed by atoms with Gasteiger partial charge in [-0.25, -0.2) is 9.97 Å². The molecule has 0 spiro atoms. The third-order valence-electron chi connectivity index (χ3n) is 1.95. The maximum absolute atomic E-state index is 12.1. The van der Waals surface area contributed by atoms with Gasteiger partial charge >= 0.3 is 6.36 Å². The number of aromatic nitrogens is 2. The molecule has 0 fully saturated rings. The smallest absolute Gasteiger partial charge is 0.406 e. The Bertz CT molecular complexity index is 560. The first-order valence-electron chi connectivity index (χ1n) is 4.79. The van der Waals surface area contributed by atoms with Crippen molar-refractivity contribution < 1.29 is 17.9 Å². The van der Waals surface area contributed by atoms with Crippen LogP contribution in [0.2, 0.25) is 5.15 Å². The fourth-order valence-corrected chi connectivity index (χ4v) is 1.44.